The molecule has 0 N–H and O–H groups in total. The third kappa shape index (κ3) is 1.35. The highest BCUT2D eigenvalue weighted by molar-refractivity contribution is 14.1. The highest BCUT2D eigenvalue weighted by atomic mass is 127. The summed E-state index contributed by atoms with van der Waals surface area (Å²) >= 11 is 8.35. The number of carbonyl (C=O) groups excluding carboxylic acids is 1. The van der Waals surface area contributed by atoms with Crippen LogP contribution >= 0.6 is 34.2 Å². The van der Waals surface area contributed by atoms with Crippen LogP contribution in [0.15, 0.2) is 0 Å². The minimum absolute atomic E-state index is 0.159. The maximum Gasteiger partial charge on any atom is 0.240 e. The van der Waals surface area contributed by atoms with Gasteiger partial charge in [0.2, 0.25) is 5.91 Å². The molecule has 2 fully saturated rings. The predicted molar refractivity (Wildman–Crippen MR) is 56.8 cm³/mol. The number of nitrogens with zero attached hydrogens (tertiary/aromatic N) is 1. The van der Waals surface area contributed by atoms with Crippen molar-refractivity contribution >= 4 is 40.1 Å². The van der Waals surface area contributed by atoms with Crippen molar-refractivity contribution in [2.45, 2.75) is 34.6 Å². The summed E-state index contributed by atoms with van der Waals surface area (Å²) in [5.74, 6) is 0.159. The topological polar surface area (TPSA) is 20.3 Å². The number of carbonyl (C=O) groups is 1. The molecule has 0 aromatic rings. The quantitative estimate of drug-likeness (QED) is 0.493. The first-order valence-electron chi connectivity index (χ1n) is 4.29. The van der Waals surface area contributed by atoms with Crippen LogP contribution in [0.1, 0.15) is 19.3 Å². The molecule has 0 aromatic heterocycles. The number of alkyl halides is 2. The molecule has 2 heterocycles. The van der Waals surface area contributed by atoms with Crippen LogP contribution in [0.2, 0.25) is 0 Å². The Kier molecular flexibility index (Phi) is 2.51. The summed E-state index contributed by atoms with van der Waals surface area (Å²) in [6.07, 6.45) is 3.17. The van der Waals surface area contributed by atoms with Gasteiger partial charge in [-0.15, -0.1) is 11.6 Å². The number of hydrogen-bond acceptors (Lipinski definition) is 1. The Morgan fingerprint density at radius 3 is 3.08 bits per heavy atom. The second kappa shape index (κ2) is 3.33. The molecule has 0 radical (unpaired) electrons. The molecule has 2 aliphatic heterocycles. The molecule has 1 amide bonds. The Balaban J connectivity index is 2.17. The van der Waals surface area contributed by atoms with Gasteiger partial charge in [-0.2, -0.15) is 0 Å². The average molecular weight is 300 g/mol. The molecule has 0 bridgehead atoms. The first kappa shape index (κ1) is 9.06. The van der Waals surface area contributed by atoms with Gasteiger partial charge >= 0.3 is 0 Å². The van der Waals surface area contributed by atoms with Crippen molar-refractivity contribution < 1.29 is 4.79 Å². The van der Waals surface area contributed by atoms with Gasteiger partial charge in [0.25, 0.3) is 0 Å². The van der Waals surface area contributed by atoms with E-state index in [4.69, 9.17) is 11.6 Å². The molecule has 12 heavy (non-hydrogen) atoms. The van der Waals surface area contributed by atoms with Crippen molar-refractivity contribution in [3.8, 4) is 0 Å². The van der Waals surface area contributed by atoms with Gasteiger partial charge in [-0.3, -0.25) is 4.79 Å². The summed E-state index contributed by atoms with van der Waals surface area (Å²) in [5, 5.41) is -0.263. The van der Waals surface area contributed by atoms with Gasteiger partial charge < -0.3 is 4.90 Å². The van der Waals surface area contributed by atoms with E-state index < -0.39 is 0 Å². The third-order valence-electron chi connectivity index (χ3n) is 2.70. The molecule has 2 rings (SSSR count). The molecule has 2 saturated heterocycles. The van der Waals surface area contributed by atoms with Gasteiger partial charge in [0.15, 0.2) is 0 Å². The molecule has 2 aliphatic rings. The fourth-order valence-electron chi connectivity index (χ4n) is 2.08. The number of rotatable bonds is 0. The fraction of sp³-hybridized carbons (Fsp3) is 0.875. The summed E-state index contributed by atoms with van der Waals surface area (Å²) in [4.78, 5) is 13.5. The van der Waals surface area contributed by atoms with Crippen molar-refractivity contribution in [3.05, 3.63) is 0 Å². The van der Waals surface area contributed by atoms with Crippen molar-refractivity contribution in [1.29, 1.82) is 0 Å². The van der Waals surface area contributed by atoms with Gasteiger partial charge in [0, 0.05) is 16.5 Å². The van der Waals surface area contributed by atoms with Gasteiger partial charge in [-0.05, 0) is 19.3 Å². The summed E-state index contributed by atoms with van der Waals surface area (Å²) in [6.45, 7) is 0.923. The van der Waals surface area contributed by atoms with Crippen molar-refractivity contribution in [3.63, 3.8) is 0 Å². The van der Waals surface area contributed by atoms with E-state index in [1.54, 1.807) is 0 Å². The first-order chi connectivity index (χ1) is 5.70. The zero-order valence-electron chi connectivity index (χ0n) is 6.67. The lowest BCUT2D eigenvalue weighted by Gasteiger charge is -2.35. The van der Waals surface area contributed by atoms with E-state index >= 15 is 0 Å². The lowest BCUT2D eigenvalue weighted by Crippen LogP contribution is -2.50. The van der Waals surface area contributed by atoms with Crippen LogP contribution in [0.25, 0.3) is 0 Å². The van der Waals surface area contributed by atoms with Gasteiger partial charge in [0.05, 0.1) is 0 Å². The maximum absolute atomic E-state index is 11.5. The molecule has 0 saturated carbocycles. The molecule has 3 atom stereocenters. The second-order valence-corrected chi connectivity index (χ2v) is 5.59. The van der Waals surface area contributed by atoms with Crippen LogP contribution in [-0.4, -0.2) is 32.7 Å². The summed E-state index contributed by atoms with van der Waals surface area (Å²) < 4.78 is 0.560. The van der Waals surface area contributed by atoms with E-state index in [2.05, 4.69) is 22.6 Å². The highest BCUT2D eigenvalue weighted by Gasteiger charge is 2.41. The number of amides is 1. The minimum Gasteiger partial charge on any atom is -0.337 e. The predicted octanol–water partition coefficient (Wildman–Crippen LogP) is 1.79. The monoisotopic (exact) mass is 299 g/mol. The number of fused-ring (bicyclic) bond motifs is 1. The second-order valence-electron chi connectivity index (χ2n) is 3.46. The zero-order valence-corrected chi connectivity index (χ0v) is 9.59. The van der Waals surface area contributed by atoms with Crippen LogP contribution in [0, 0.1) is 0 Å². The average Bonchev–Trinajstić information content (AvgIpc) is 2.48. The summed E-state index contributed by atoms with van der Waals surface area (Å²) in [6, 6.07) is 0.480. The SMILES string of the molecule is O=C1[C@H](Cl)C[C@@H](I)[C@@H]2CCCN12. The summed E-state index contributed by atoms with van der Waals surface area (Å²) in [5.41, 5.74) is 0. The summed E-state index contributed by atoms with van der Waals surface area (Å²) in [7, 11) is 0. The largest absolute Gasteiger partial charge is 0.337 e. The minimum atomic E-state index is -0.263. The van der Waals surface area contributed by atoms with E-state index in [9.17, 15) is 4.79 Å². The molecule has 0 spiro atoms. The Morgan fingerprint density at radius 2 is 2.33 bits per heavy atom. The van der Waals surface area contributed by atoms with Crippen LogP contribution < -0.4 is 0 Å². The molecular formula is C8H11ClINO. The van der Waals surface area contributed by atoms with Crippen LogP contribution in [0.3, 0.4) is 0 Å². The Bertz CT molecular complexity index is 211. The Hall–Kier alpha value is 0.490. The molecule has 0 aromatic carbocycles. The van der Waals surface area contributed by atoms with Crippen LogP contribution in [-0.2, 0) is 4.79 Å². The molecule has 2 nitrogen and oxygen atoms in total. The molecule has 0 unspecified atom stereocenters. The number of halogens is 2. The third-order valence-corrected chi connectivity index (χ3v) is 4.40. The van der Waals surface area contributed by atoms with Crippen molar-refractivity contribution in [2.75, 3.05) is 6.54 Å². The van der Waals surface area contributed by atoms with Crippen molar-refractivity contribution in [1.82, 2.24) is 4.90 Å². The van der Waals surface area contributed by atoms with E-state index in [1.165, 1.54) is 6.42 Å². The molecule has 4 heteroatoms. The van der Waals surface area contributed by atoms with Crippen LogP contribution in [0.4, 0.5) is 0 Å². The van der Waals surface area contributed by atoms with E-state index in [-0.39, 0.29) is 11.3 Å². The van der Waals surface area contributed by atoms with Gasteiger partial charge in [-0.1, -0.05) is 22.6 Å². The first-order valence-corrected chi connectivity index (χ1v) is 5.97. The number of piperidine rings is 1. The van der Waals surface area contributed by atoms with E-state index in [1.807, 2.05) is 4.90 Å². The Labute approximate surface area is 90.8 Å². The van der Waals surface area contributed by atoms with Gasteiger partial charge in [-0.25, -0.2) is 0 Å². The maximum atomic E-state index is 11.5. The Morgan fingerprint density at radius 1 is 1.58 bits per heavy atom. The standard InChI is InChI=1S/C8H11ClINO/c9-5-4-6(10)7-2-1-3-11(7)8(5)12/h5-7H,1-4H2/t5-,6-,7+/m1/s1. The van der Waals surface area contributed by atoms with Crippen molar-refractivity contribution in [2.24, 2.45) is 0 Å². The number of hydrogen-bond donors (Lipinski definition) is 0. The van der Waals surface area contributed by atoms with Gasteiger partial charge in [0.1, 0.15) is 5.38 Å². The highest BCUT2D eigenvalue weighted by Crippen LogP contribution is 2.34. The lowest BCUT2D eigenvalue weighted by atomic mass is 10.0. The molecule has 68 valence electrons. The molecule has 0 aliphatic carbocycles. The van der Waals surface area contributed by atoms with E-state index in [0.717, 1.165) is 19.4 Å². The lowest BCUT2D eigenvalue weighted by molar-refractivity contribution is -0.133. The molecular weight excluding hydrogens is 288 g/mol. The van der Waals surface area contributed by atoms with Crippen LogP contribution in [0.5, 0.6) is 0 Å². The van der Waals surface area contributed by atoms with E-state index in [0.29, 0.717) is 9.97 Å². The fourth-order valence-corrected chi connectivity index (χ4v) is 3.95. The zero-order chi connectivity index (χ0) is 8.72. The smallest absolute Gasteiger partial charge is 0.240 e. The normalized spacial score (nSPS) is 41.7.